The fourth-order valence-electron chi connectivity index (χ4n) is 1.63. The molecule has 0 bridgehead atoms. The fraction of sp³-hybridized carbons (Fsp3) is 0.417. The molecule has 1 unspecified atom stereocenters. The van der Waals surface area contributed by atoms with Crippen molar-refractivity contribution in [2.75, 3.05) is 20.6 Å². The molecule has 0 aliphatic heterocycles. The third-order valence-electron chi connectivity index (χ3n) is 2.27. The molecule has 1 aromatic carbocycles. The summed E-state index contributed by atoms with van der Waals surface area (Å²) < 4.78 is 0.956. The predicted molar refractivity (Wildman–Crippen MR) is 65.3 cm³/mol. The largest absolute Gasteiger partial charge is 1.00 e. The number of hydrogen-bond donors (Lipinski definition) is 1. The van der Waals surface area contributed by atoms with Gasteiger partial charge in [0, 0.05) is 10.0 Å². The van der Waals surface area contributed by atoms with Crippen LogP contribution < -0.4 is 17.3 Å². The van der Waals surface area contributed by atoms with Crippen LogP contribution in [0.25, 0.3) is 0 Å². The smallest absolute Gasteiger partial charge is 0.171 e. The Morgan fingerprint density at radius 2 is 2.06 bits per heavy atom. The second-order valence-electron chi connectivity index (χ2n) is 4.19. The van der Waals surface area contributed by atoms with Crippen molar-refractivity contribution in [3.8, 4) is 0 Å². The summed E-state index contributed by atoms with van der Waals surface area (Å²) in [5.74, 6) is 0.293. The van der Waals surface area contributed by atoms with Crippen LogP contribution in [0.5, 0.6) is 0 Å². The molecule has 0 spiro atoms. The summed E-state index contributed by atoms with van der Waals surface area (Å²) in [6.45, 7) is 2.85. The Morgan fingerprint density at radius 3 is 2.56 bits per heavy atom. The van der Waals surface area contributed by atoms with Crippen molar-refractivity contribution in [3.63, 3.8) is 0 Å². The third kappa shape index (κ3) is 4.64. The topological polar surface area (TPSA) is 21.5 Å². The summed E-state index contributed by atoms with van der Waals surface area (Å²) in [6, 6.07) is 7.57. The van der Waals surface area contributed by atoms with E-state index in [1.54, 1.807) is 0 Å². The Bertz CT molecular complexity index is 355. The normalized spacial score (nSPS) is 12.1. The number of carbonyl (C=O) groups is 1. The minimum Gasteiger partial charge on any atom is -1.00 e. The Morgan fingerprint density at radius 1 is 1.44 bits per heavy atom. The van der Waals surface area contributed by atoms with Crippen LogP contribution in [0.2, 0.25) is 0 Å². The molecule has 90 valence electrons. The van der Waals surface area contributed by atoms with Crippen LogP contribution in [0.4, 0.5) is 0 Å². The minimum atomic E-state index is 0. The van der Waals surface area contributed by atoms with Gasteiger partial charge >= 0.3 is 0 Å². The van der Waals surface area contributed by atoms with Gasteiger partial charge in [-0.25, -0.2) is 0 Å². The van der Waals surface area contributed by atoms with E-state index in [-0.39, 0.29) is 24.1 Å². The summed E-state index contributed by atoms with van der Waals surface area (Å²) in [5.41, 5.74) is 0.790. The Labute approximate surface area is 112 Å². The van der Waals surface area contributed by atoms with Crippen molar-refractivity contribution in [2.45, 2.75) is 6.92 Å². The lowest BCUT2D eigenvalue weighted by Gasteiger charge is -2.13. The lowest BCUT2D eigenvalue weighted by Crippen LogP contribution is -3.06. The van der Waals surface area contributed by atoms with Crippen LogP contribution >= 0.6 is 15.9 Å². The van der Waals surface area contributed by atoms with Crippen LogP contribution in [0.1, 0.15) is 17.3 Å². The molecular weight excluding hydrogens is 289 g/mol. The number of carbonyl (C=O) groups excluding carboxylic acids is 1. The van der Waals surface area contributed by atoms with Gasteiger partial charge in [0.15, 0.2) is 5.78 Å². The molecule has 2 nitrogen and oxygen atoms in total. The van der Waals surface area contributed by atoms with Crippen molar-refractivity contribution >= 4 is 21.7 Å². The van der Waals surface area contributed by atoms with Crippen LogP contribution in [0, 0.1) is 5.92 Å². The number of rotatable bonds is 4. The summed E-state index contributed by atoms with van der Waals surface area (Å²) in [5, 5.41) is 0. The maximum Gasteiger partial charge on any atom is 0.171 e. The SMILES string of the molecule is CC(C[NH+](C)C)C(=O)c1cccc(Br)c1.[Cl-]. The highest BCUT2D eigenvalue weighted by Crippen LogP contribution is 2.14. The molecule has 0 aromatic heterocycles. The molecule has 4 heteroatoms. The molecule has 0 radical (unpaired) electrons. The summed E-state index contributed by atoms with van der Waals surface area (Å²) in [4.78, 5) is 13.3. The molecule has 1 N–H and O–H groups in total. The van der Waals surface area contributed by atoms with Gasteiger partial charge in [-0.3, -0.25) is 4.79 Å². The summed E-state index contributed by atoms with van der Waals surface area (Å²) in [6.07, 6.45) is 0. The monoisotopic (exact) mass is 305 g/mol. The first kappa shape index (κ1) is 15.6. The van der Waals surface area contributed by atoms with Crippen LogP contribution in [-0.4, -0.2) is 26.4 Å². The van der Waals surface area contributed by atoms with Gasteiger partial charge in [-0.2, -0.15) is 0 Å². The third-order valence-corrected chi connectivity index (χ3v) is 2.76. The maximum atomic E-state index is 12.0. The molecule has 0 aliphatic rings. The number of nitrogens with one attached hydrogen (secondary N) is 1. The van der Waals surface area contributed by atoms with Crippen molar-refractivity contribution in [1.29, 1.82) is 0 Å². The average Bonchev–Trinajstić information content (AvgIpc) is 2.15. The molecule has 0 amide bonds. The van der Waals surface area contributed by atoms with Crippen molar-refractivity contribution in [3.05, 3.63) is 34.3 Å². The van der Waals surface area contributed by atoms with Gasteiger partial charge in [0.2, 0.25) is 0 Å². The first-order chi connectivity index (χ1) is 7.00. The predicted octanol–water partition coefficient (Wildman–Crippen LogP) is -1.58. The molecule has 16 heavy (non-hydrogen) atoms. The molecule has 0 saturated heterocycles. The number of hydrogen-bond acceptors (Lipinski definition) is 1. The molecule has 1 rings (SSSR count). The lowest BCUT2D eigenvalue weighted by molar-refractivity contribution is -0.860. The van der Waals surface area contributed by atoms with E-state index in [2.05, 4.69) is 30.0 Å². The molecule has 0 fully saturated rings. The van der Waals surface area contributed by atoms with E-state index in [9.17, 15) is 4.79 Å². The van der Waals surface area contributed by atoms with E-state index >= 15 is 0 Å². The molecule has 0 aliphatic carbocycles. The fourth-order valence-corrected chi connectivity index (χ4v) is 2.03. The zero-order chi connectivity index (χ0) is 11.4. The highest BCUT2D eigenvalue weighted by Gasteiger charge is 2.17. The Balaban J connectivity index is 0.00000225. The van der Waals surface area contributed by atoms with Crippen LogP contribution in [0.15, 0.2) is 28.7 Å². The average molecular weight is 307 g/mol. The zero-order valence-corrected chi connectivity index (χ0v) is 12.1. The number of halogens is 2. The second-order valence-corrected chi connectivity index (χ2v) is 5.10. The van der Waals surface area contributed by atoms with Gasteiger partial charge in [-0.1, -0.05) is 28.1 Å². The number of quaternary nitrogens is 1. The first-order valence-corrected chi connectivity index (χ1v) is 5.89. The highest BCUT2D eigenvalue weighted by atomic mass is 79.9. The Kier molecular flexibility index (Phi) is 6.88. The first-order valence-electron chi connectivity index (χ1n) is 5.09. The van der Waals surface area contributed by atoms with Gasteiger partial charge in [-0.15, -0.1) is 0 Å². The van der Waals surface area contributed by atoms with E-state index in [4.69, 9.17) is 0 Å². The van der Waals surface area contributed by atoms with Crippen LogP contribution in [-0.2, 0) is 0 Å². The van der Waals surface area contributed by atoms with Gasteiger partial charge in [0.1, 0.15) is 0 Å². The van der Waals surface area contributed by atoms with E-state index < -0.39 is 0 Å². The van der Waals surface area contributed by atoms with Crippen molar-refractivity contribution in [1.82, 2.24) is 0 Å². The quantitative estimate of drug-likeness (QED) is 0.666. The van der Waals surface area contributed by atoms with Crippen molar-refractivity contribution < 1.29 is 22.1 Å². The highest BCUT2D eigenvalue weighted by molar-refractivity contribution is 9.10. The van der Waals surface area contributed by atoms with Gasteiger partial charge < -0.3 is 17.3 Å². The van der Waals surface area contributed by atoms with Gasteiger partial charge in [0.25, 0.3) is 0 Å². The Hall–Kier alpha value is -0.380. The summed E-state index contributed by atoms with van der Waals surface area (Å²) >= 11 is 3.37. The number of Topliss-reactive ketones (excluding diaryl/α,β-unsaturated/α-hetero) is 1. The van der Waals surface area contributed by atoms with Gasteiger partial charge in [0.05, 0.1) is 26.6 Å². The lowest BCUT2D eigenvalue weighted by atomic mass is 9.99. The molecule has 0 heterocycles. The van der Waals surface area contributed by atoms with Crippen molar-refractivity contribution in [2.24, 2.45) is 5.92 Å². The molecule has 1 aromatic rings. The van der Waals surface area contributed by atoms with E-state index in [1.165, 1.54) is 4.90 Å². The molecular formula is C12H17BrClNO. The second kappa shape index (κ2) is 7.05. The number of ketones is 1. The number of benzene rings is 1. The molecule has 1 atom stereocenters. The van der Waals surface area contributed by atoms with Gasteiger partial charge in [-0.05, 0) is 19.1 Å². The van der Waals surface area contributed by atoms with E-state index in [1.807, 2.05) is 31.2 Å². The molecule has 0 saturated carbocycles. The maximum absolute atomic E-state index is 12.0. The minimum absolute atomic E-state index is 0. The van der Waals surface area contributed by atoms with E-state index in [0.29, 0.717) is 0 Å². The zero-order valence-electron chi connectivity index (χ0n) is 9.76. The van der Waals surface area contributed by atoms with Crippen LogP contribution in [0.3, 0.4) is 0 Å². The summed E-state index contributed by atoms with van der Waals surface area (Å²) in [7, 11) is 4.12. The standard InChI is InChI=1S/C12H16BrNO.ClH/c1-9(8-14(2)3)12(15)10-5-4-6-11(13)7-10;/h4-7,9H,8H2,1-3H3;1H. The van der Waals surface area contributed by atoms with E-state index in [0.717, 1.165) is 16.6 Å².